The van der Waals surface area contributed by atoms with Crippen molar-refractivity contribution >= 4 is 17.9 Å². The van der Waals surface area contributed by atoms with E-state index in [0.717, 1.165) is 30.9 Å². The van der Waals surface area contributed by atoms with Gasteiger partial charge in [-0.3, -0.25) is 0 Å². The Morgan fingerprint density at radius 3 is 2.82 bits per heavy atom. The first kappa shape index (κ1) is 14.6. The number of aliphatic hydroxyl groups excluding tert-OH is 1. The van der Waals surface area contributed by atoms with Gasteiger partial charge in [0.25, 0.3) is 0 Å². The number of aliphatic hydroxyl groups is 1. The van der Waals surface area contributed by atoms with Crippen molar-refractivity contribution < 1.29 is 14.6 Å². The summed E-state index contributed by atoms with van der Waals surface area (Å²) in [5, 5.41) is 8.74. The molecule has 1 amide bonds. The average molecular weight is 261 g/mol. The molecule has 0 saturated carbocycles. The molecule has 1 saturated heterocycles. The van der Waals surface area contributed by atoms with E-state index in [4.69, 9.17) is 9.84 Å². The third-order valence-corrected chi connectivity index (χ3v) is 3.64. The number of hydrogen-bond donors (Lipinski definition) is 1. The Kier molecular flexibility index (Phi) is 5.59. The summed E-state index contributed by atoms with van der Waals surface area (Å²) in [7, 11) is 0. The minimum atomic E-state index is -0.428. The van der Waals surface area contributed by atoms with E-state index in [9.17, 15) is 4.79 Å². The fraction of sp³-hybridized carbons (Fsp3) is 0.917. The van der Waals surface area contributed by atoms with Gasteiger partial charge in [0, 0.05) is 24.1 Å². The highest BCUT2D eigenvalue weighted by atomic mass is 32.2. The second-order valence-electron chi connectivity index (χ2n) is 5.27. The van der Waals surface area contributed by atoms with Gasteiger partial charge in [-0.15, -0.1) is 0 Å². The normalized spacial score (nSPS) is 20.7. The van der Waals surface area contributed by atoms with Crippen LogP contribution in [0.15, 0.2) is 0 Å². The van der Waals surface area contributed by atoms with Crippen LogP contribution >= 0.6 is 11.8 Å². The summed E-state index contributed by atoms with van der Waals surface area (Å²) in [6.45, 7) is 6.65. The number of ether oxygens (including phenoxy) is 1. The van der Waals surface area contributed by atoms with Gasteiger partial charge in [0.1, 0.15) is 5.60 Å². The molecule has 4 nitrogen and oxygen atoms in total. The summed E-state index contributed by atoms with van der Waals surface area (Å²) in [5.74, 6) is 1.62. The van der Waals surface area contributed by atoms with Crippen molar-refractivity contribution in [2.45, 2.75) is 45.3 Å². The molecule has 1 fully saturated rings. The topological polar surface area (TPSA) is 49.8 Å². The molecule has 1 heterocycles. The lowest BCUT2D eigenvalue weighted by atomic mass is 10.2. The summed E-state index contributed by atoms with van der Waals surface area (Å²) in [5.41, 5.74) is -0.428. The van der Waals surface area contributed by atoms with E-state index in [0.29, 0.717) is 0 Å². The molecular formula is C12H23NO3S. The van der Waals surface area contributed by atoms with Gasteiger partial charge in [-0.1, -0.05) is 0 Å². The van der Waals surface area contributed by atoms with Crippen molar-refractivity contribution in [2.75, 3.05) is 24.7 Å². The van der Waals surface area contributed by atoms with E-state index in [1.165, 1.54) is 0 Å². The highest BCUT2D eigenvalue weighted by Crippen LogP contribution is 2.23. The van der Waals surface area contributed by atoms with Crippen LogP contribution in [0.4, 0.5) is 4.79 Å². The number of likely N-dealkylation sites (tertiary alicyclic amines) is 1. The van der Waals surface area contributed by atoms with E-state index in [2.05, 4.69) is 0 Å². The lowest BCUT2D eigenvalue weighted by Gasteiger charge is -2.28. The largest absolute Gasteiger partial charge is 0.444 e. The zero-order chi connectivity index (χ0) is 12.9. The summed E-state index contributed by atoms with van der Waals surface area (Å²) in [4.78, 5) is 13.8. The van der Waals surface area contributed by atoms with Crippen LogP contribution in [0.5, 0.6) is 0 Å². The smallest absolute Gasteiger partial charge is 0.410 e. The molecule has 0 spiro atoms. The van der Waals surface area contributed by atoms with Crippen molar-refractivity contribution in [1.29, 1.82) is 0 Å². The van der Waals surface area contributed by atoms with Crippen molar-refractivity contribution in [1.82, 2.24) is 4.90 Å². The fourth-order valence-corrected chi connectivity index (χ4v) is 2.77. The van der Waals surface area contributed by atoms with Gasteiger partial charge < -0.3 is 14.7 Å². The van der Waals surface area contributed by atoms with Crippen LogP contribution in [0.3, 0.4) is 0 Å². The van der Waals surface area contributed by atoms with E-state index < -0.39 is 5.60 Å². The third kappa shape index (κ3) is 5.17. The summed E-state index contributed by atoms with van der Waals surface area (Å²) in [6.07, 6.45) is 1.88. The van der Waals surface area contributed by atoms with Gasteiger partial charge in [0.05, 0.1) is 6.61 Å². The molecular weight excluding hydrogens is 238 g/mol. The van der Waals surface area contributed by atoms with Crippen LogP contribution in [-0.4, -0.2) is 52.4 Å². The molecule has 0 aromatic rings. The van der Waals surface area contributed by atoms with Crippen molar-refractivity contribution in [2.24, 2.45) is 0 Å². The quantitative estimate of drug-likeness (QED) is 0.788. The van der Waals surface area contributed by atoms with Crippen LogP contribution in [0.2, 0.25) is 0 Å². The standard InChI is InChI=1S/C12H23NO3S/c1-12(2,3)16-11(15)13-6-4-5-10(13)9-17-8-7-14/h10,14H,4-9H2,1-3H3/t10-/m1/s1. The molecule has 1 aliphatic heterocycles. The first-order chi connectivity index (χ1) is 7.94. The summed E-state index contributed by atoms with van der Waals surface area (Å²) < 4.78 is 5.39. The predicted octanol–water partition coefficient (Wildman–Crippen LogP) is 2.11. The van der Waals surface area contributed by atoms with Crippen LogP contribution in [0.1, 0.15) is 33.6 Å². The van der Waals surface area contributed by atoms with Gasteiger partial charge in [-0.25, -0.2) is 4.79 Å². The average Bonchev–Trinajstić information content (AvgIpc) is 2.64. The van der Waals surface area contributed by atoms with Crippen LogP contribution in [0, 0.1) is 0 Å². The molecule has 0 bridgehead atoms. The molecule has 5 heteroatoms. The van der Waals surface area contributed by atoms with Gasteiger partial charge in [-0.2, -0.15) is 11.8 Å². The number of hydrogen-bond acceptors (Lipinski definition) is 4. The highest BCUT2D eigenvalue weighted by molar-refractivity contribution is 7.99. The molecule has 0 radical (unpaired) electrons. The SMILES string of the molecule is CC(C)(C)OC(=O)N1CCC[C@@H]1CSCCO. The van der Waals surface area contributed by atoms with Crippen molar-refractivity contribution in [3.63, 3.8) is 0 Å². The van der Waals surface area contributed by atoms with E-state index in [1.54, 1.807) is 11.8 Å². The molecule has 1 rings (SSSR count). The zero-order valence-electron chi connectivity index (χ0n) is 10.9. The predicted molar refractivity (Wildman–Crippen MR) is 70.4 cm³/mol. The maximum Gasteiger partial charge on any atom is 0.410 e. The molecule has 0 aromatic heterocycles. The van der Waals surface area contributed by atoms with Gasteiger partial charge in [0.2, 0.25) is 0 Å². The highest BCUT2D eigenvalue weighted by Gasteiger charge is 2.31. The van der Waals surface area contributed by atoms with Gasteiger partial charge >= 0.3 is 6.09 Å². The Morgan fingerprint density at radius 1 is 1.53 bits per heavy atom. The Hall–Kier alpha value is -0.420. The number of nitrogens with zero attached hydrogens (tertiary/aromatic N) is 1. The second kappa shape index (κ2) is 6.50. The molecule has 0 aliphatic carbocycles. The van der Waals surface area contributed by atoms with E-state index >= 15 is 0 Å². The minimum Gasteiger partial charge on any atom is -0.444 e. The Bertz CT molecular complexity index is 253. The molecule has 1 atom stereocenters. The number of carbonyl (C=O) groups excluding carboxylic acids is 1. The number of carbonyl (C=O) groups is 1. The summed E-state index contributed by atoms with van der Waals surface area (Å²) >= 11 is 1.69. The van der Waals surface area contributed by atoms with Crippen LogP contribution in [-0.2, 0) is 4.74 Å². The van der Waals surface area contributed by atoms with Gasteiger partial charge in [-0.05, 0) is 33.6 Å². The monoisotopic (exact) mass is 261 g/mol. The van der Waals surface area contributed by atoms with Crippen molar-refractivity contribution in [3.8, 4) is 0 Å². The lowest BCUT2D eigenvalue weighted by molar-refractivity contribution is 0.0242. The Morgan fingerprint density at radius 2 is 2.24 bits per heavy atom. The fourth-order valence-electron chi connectivity index (χ4n) is 1.85. The maximum absolute atomic E-state index is 11.9. The summed E-state index contributed by atoms with van der Waals surface area (Å²) in [6, 6.07) is 0.265. The van der Waals surface area contributed by atoms with E-state index in [-0.39, 0.29) is 18.7 Å². The Balaban J connectivity index is 2.42. The zero-order valence-corrected chi connectivity index (χ0v) is 11.8. The minimum absolute atomic E-state index is 0.198. The lowest BCUT2D eigenvalue weighted by Crippen LogP contribution is -2.40. The molecule has 0 unspecified atom stereocenters. The third-order valence-electron chi connectivity index (χ3n) is 2.55. The van der Waals surface area contributed by atoms with E-state index in [1.807, 2.05) is 25.7 Å². The molecule has 0 aromatic carbocycles. The molecule has 1 aliphatic rings. The second-order valence-corrected chi connectivity index (χ2v) is 6.42. The number of rotatable bonds is 4. The maximum atomic E-state index is 11.9. The van der Waals surface area contributed by atoms with Crippen LogP contribution in [0.25, 0.3) is 0 Å². The molecule has 17 heavy (non-hydrogen) atoms. The number of amides is 1. The Labute approximate surface area is 108 Å². The first-order valence-corrected chi connectivity index (χ1v) is 7.28. The number of thioether (sulfide) groups is 1. The molecule has 100 valence electrons. The van der Waals surface area contributed by atoms with Crippen molar-refractivity contribution in [3.05, 3.63) is 0 Å². The van der Waals surface area contributed by atoms with Crippen LogP contribution < -0.4 is 0 Å². The van der Waals surface area contributed by atoms with Gasteiger partial charge in [0.15, 0.2) is 0 Å². The first-order valence-electron chi connectivity index (χ1n) is 6.12. The molecule has 1 N–H and O–H groups in total.